The van der Waals surface area contributed by atoms with E-state index in [9.17, 15) is 14.4 Å². The van der Waals surface area contributed by atoms with Crippen molar-refractivity contribution in [3.8, 4) is 0 Å². The molecule has 1 aliphatic heterocycles. The average molecular weight is 327 g/mol. The third-order valence-electron chi connectivity index (χ3n) is 5.86. The minimum absolute atomic E-state index is 0.0844. The van der Waals surface area contributed by atoms with Gasteiger partial charge in [0.1, 0.15) is 12.2 Å². The Hall–Kier alpha value is -2.24. The fourth-order valence-corrected chi connectivity index (χ4v) is 4.71. The Bertz CT molecular complexity index is 682. The SMILES string of the molecule is C[C@H](NC(=O)CN1C(=O)c2cccnc2C1=O)[C@@H]1C[C@H]2CC[C@H]1C2. The van der Waals surface area contributed by atoms with Gasteiger partial charge in [-0.15, -0.1) is 0 Å². The Morgan fingerprint density at radius 1 is 1.33 bits per heavy atom. The molecule has 2 aliphatic carbocycles. The van der Waals surface area contributed by atoms with E-state index in [1.807, 2.05) is 6.92 Å². The molecule has 0 radical (unpaired) electrons. The molecule has 2 saturated carbocycles. The van der Waals surface area contributed by atoms with Crippen LogP contribution in [0.2, 0.25) is 0 Å². The van der Waals surface area contributed by atoms with Gasteiger partial charge in [-0.2, -0.15) is 0 Å². The molecule has 4 rings (SSSR count). The number of pyridine rings is 1. The second-order valence-electron chi connectivity index (χ2n) is 7.29. The summed E-state index contributed by atoms with van der Waals surface area (Å²) >= 11 is 0. The second kappa shape index (κ2) is 5.69. The standard InChI is InChI=1S/C18H21N3O3/c1-10(14-8-11-4-5-12(14)7-11)20-15(22)9-21-17(23)13-3-2-6-19-16(13)18(21)24/h2-3,6,10-12,14H,4-5,7-9H2,1H3,(H,20,22)/t10-,11-,12-,14-/m0/s1. The summed E-state index contributed by atoms with van der Waals surface area (Å²) in [6, 6.07) is 3.27. The molecular formula is C18H21N3O3. The summed E-state index contributed by atoms with van der Waals surface area (Å²) < 4.78 is 0. The fraction of sp³-hybridized carbons (Fsp3) is 0.556. The first-order valence-corrected chi connectivity index (χ1v) is 8.65. The number of fused-ring (bicyclic) bond motifs is 3. The van der Waals surface area contributed by atoms with Gasteiger partial charge in [0.25, 0.3) is 11.8 Å². The van der Waals surface area contributed by atoms with Crippen molar-refractivity contribution in [3.63, 3.8) is 0 Å². The molecule has 1 aromatic heterocycles. The monoisotopic (exact) mass is 327 g/mol. The third kappa shape index (κ3) is 2.41. The van der Waals surface area contributed by atoms with Crippen LogP contribution in [0.5, 0.6) is 0 Å². The van der Waals surface area contributed by atoms with E-state index >= 15 is 0 Å². The van der Waals surface area contributed by atoms with Gasteiger partial charge in [-0.1, -0.05) is 6.42 Å². The Labute approximate surface area is 140 Å². The first-order chi connectivity index (χ1) is 11.5. The Morgan fingerprint density at radius 3 is 2.83 bits per heavy atom. The summed E-state index contributed by atoms with van der Waals surface area (Å²) in [6.45, 7) is 1.80. The van der Waals surface area contributed by atoms with Gasteiger partial charge in [0, 0.05) is 12.2 Å². The molecule has 4 atom stereocenters. The van der Waals surface area contributed by atoms with E-state index in [0.29, 0.717) is 11.8 Å². The summed E-state index contributed by atoms with van der Waals surface area (Å²) in [6.07, 6.45) is 6.53. The van der Waals surface area contributed by atoms with Gasteiger partial charge in [-0.05, 0) is 56.1 Å². The van der Waals surface area contributed by atoms with Gasteiger partial charge >= 0.3 is 0 Å². The van der Waals surface area contributed by atoms with Gasteiger partial charge in [0.05, 0.1) is 5.56 Å². The number of nitrogens with one attached hydrogen (secondary N) is 1. The lowest BCUT2D eigenvalue weighted by atomic mass is 9.84. The number of imide groups is 1. The number of rotatable bonds is 4. The fourth-order valence-electron chi connectivity index (χ4n) is 4.71. The van der Waals surface area contributed by atoms with Crippen LogP contribution in [0.1, 0.15) is 53.5 Å². The van der Waals surface area contributed by atoms with Gasteiger partial charge in [-0.3, -0.25) is 24.3 Å². The maximum Gasteiger partial charge on any atom is 0.280 e. The number of amides is 3. The Morgan fingerprint density at radius 2 is 2.17 bits per heavy atom. The van der Waals surface area contributed by atoms with Gasteiger partial charge in [0.2, 0.25) is 5.91 Å². The zero-order valence-electron chi connectivity index (χ0n) is 13.7. The highest BCUT2D eigenvalue weighted by Gasteiger charge is 2.43. The predicted molar refractivity (Wildman–Crippen MR) is 86.1 cm³/mol. The van der Waals surface area contributed by atoms with Crippen LogP contribution in [0.25, 0.3) is 0 Å². The van der Waals surface area contributed by atoms with E-state index in [-0.39, 0.29) is 29.8 Å². The van der Waals surface area contributed by atoms with Gasteiger partial charge in [-0.25, -0.2) is 0 Å². The summed E-state index contributed by atoms with van der Waals surface area (Å²) in [7, 11) is 0. The molecule has 0 unspecified atom stereocenters. The zero-order chi connectivity index (χ0) is 16.8. The van der Waals surface area contributed by atoms with Crippen molar-refractivity contribution in [2.24, 2.45) is 17.8 Å². The second-order valence-corrected chi connectivity index (χ2v) is 7.29. The molecule has 3 aliphatic rings. The Kier molecular flexibility index (Phi) is 3.62. The van der Waals surface area contributed by atoms with Crippen LogP contribution in [-0.2, 0) is 4.79 Å². The summed E-state index contributed by atoms with van der Waals surface area (Å²) in [5.74, 6) is 0.857. The molecule has 2 fully saturated rings. The van der Waals surface area contributed by atoms with Crippen molar-refractivity contribution < 1.29 is 14.4 Å². The molecule has 0 aromatic carbocycles. The summed E-state index contributed by atoms with van der Waals surface area (Å²) in [5.41, 5.74) is 0.410. The van der Waals surface area contributed by atoms with Gasteiger partial charge < -0.3 is 5.32 Å². The molecule has 6 heteroatoms. The summed E-state index contributed by atoms with van der Waals surface area (Å²) in [4.78, 5) is 41.8. The van der Waals surface area contributed by atoms with Crippen molar-refractivity contribution >= 4 is 17.7 Å². The number of carbonyl (C=O) groups excluding carboxylic acids is 3. The van der Waals surface area contributed by atoms with Crippen molar-refractivity contribution in [2.45, 2.75) is 38.6 Å². The topological polar surface area (TPSA) is 79.4 Å². The minimum atomic E-state index is -0.488. The number of carbonyl (C=O) groups is 3. The van der Waals surface area contributed by atoms with Gasteiger partial charge in [0.15, 0.2) is 0 Å². The van der Waals surface area contributed by atoms with Crippen molar-refractivity contribution in [1.29, 1.82) is 0 Å². The molecule has 24 heavy (non-hydrogen) atoms. The number of hydrogen-bond acceptors (Lipinski definition) is 4. The summed E-state index contributed by atoms with van der Waals surface area (Å²) in [5, 5.41) is 3.00. The average Bonchev–Trinajstić information content (AvgIpc) is 3.26. The Balaban J connectivity index is 1.38. The van der Waals surface area contributed by atoms with E-state index in [1.54, 1.807) is 12.1 Å². The molecule has 6 nitrogen and oxygen atoms in total. The lowest BCUT2D eigenvalue weighted by Gasteiger charge is -2.29. The molecule has 126 valence electrons. The van der Waals surface area contributed by atoms with E-state index in [0.717, 1.165) is 10.8 Å². The maximum atomic E-state index is 12.3. The van der Waals surface area contributed by atoms with E-state index < -0.39 is 11.8 Å². The first kappa shape index (κ1) is 15.3. The number of hydrogen-bond donors (Lipinski definition) is 1. The van der Waals surface area contributed by atoms with Crippen LogP contribution in [-0.4, -0.2) is 40.2 Å². The molecule has 2 heterocycles. The lowest BCUT2D eigenvalue weighted by Crippen LogP contribution is -2.46. The van der Waals surface area contributed by atoms with Crippen LogP contribution >= 0.6 is 0 Å². The largest absolute Gasteiger partial charge is 0.352 e. The predicted octanol–water partition coefficient (Wildman–Crippen LogP) is 1.62. The van der Waals surface area contributed by atoms with Crippen LogP contribution in [0.15, 0.2) is 18.3 Å². The van der Waals surface area contributed by atoms with Crippen molar-refractivity contribution in [2.75, 3.05) is 6.54 Å². The zero-order valence-corrected chi connectivity index (χ0v) is 13.7. The van der Waals surface area contributed by atoms with E-state index in [2.05, 4.69) is 10.3 Å². The quantitative estimate of drug-likeness (QED) is 0.852. The van der Waals surface area contributed by atoms with Crippen molar-refractivity contribution in [1.82, 2.24) is 15.2 Å². The van der Waals surface area contributed by atoms with Crippen molar-refractivity contribution in [3.05, 3.63) is 29.6 Å². The third-order valence-corrected chi connectivity index (χ3v) is 5.86. The highest BCUT2D eigenvalue weighted by molar-refractivity contribution is 6.21. The molecule has 2 bridgehead atoms. The highest BCUT2D eigenvalue weighted by atomic mass is 16.2. The molecule has 0 spiro atoms. The first-order valence-electron chi connectivity index (χ1n) is 8.65. The van der Waals surface area contributed by atoms with Crippen LogP contribution < -0.4 is 5.32 Å². The number of nitrogens with zero attached hydrogens (tertiary/aromatic N) is 2. The molecule has 3 amide bonds. The molecule has 1 aromatic rings. The van der Waals surface area contributed by atoms with Crippen LogP contribution in [0.4, 0.5) is 0 Å². The lowest BCUT2D eigenvalue weighted by molar-refractivity contribution is -0.122. The van der Waals surface area contributed by atoms with E-state index in [1.165, 1.54) is 31.9 Å². The normalized spacial score (nSPS) is 29.0. The molecular weight excluding hydrogens is 306 g/mol. The number of aromatic nitrogens is 1. The van der Waals surface area contributed by atoms with Crippen LogP contribution in [0.3, 0.4) is 0 Å². The minimum Gasteiger partial charge on any atom is -0.352 e. The van der Waals surface area contributed by atoms with Crippen LogP contribution in [0, 0.1) is 17.8 Å². The molecule has 1 N–H and O–H groups in total. The smallest absolute Gasteiger partial charge is 0.280 e. The van der Waals surface area contributed by atoms with E-state index in [4.69, 9.17) is 0 Å². The maximum absolute atomic E-state index is 12.3. The molecule has 0 saturated heterocycles. The highest BCUT2D eigenvalue weighted by Crippen LogP contribution is 2.49.